The molecule has 0 saturated heterocycles. The maximum absolute atomic E-state index is 13.1. The van der Waals surface area contributed by atoms with E-state index in [1.165, 1.54) is 0 Å². The Labute approximate surface area is 221 Å². The number of para-hydroxylation sites is 1. The molecule has 0 aromatic heterocycles. The second-order valence-corrected chi connectivity index (χ2v) is 10.1. The second-order valence-electron chi connectivity index (χ2n) is 10.1. The fraction of sp³-hybridized carbons (Fsp3) is 0.533. The van der Waals surface area contributed by atoms with Crippen LogP contribution in [0.15, 0.2) is 42.5 Å². The lowest BCUT2D eigenvalue weighted by atomic mass is 9.94. The molecule has 0 aliphatic heterocycles. The number of nitrogens with one attached hydrogen (secondary N) is 1. The Bertz CT molecular complexity index is 1040. The topological polar surface area (TPSA) is 88.1 Å². The summed E-state index contributed by atoms with van der Waals surface area (Å²) >= 11 is 0. The summed E-state index contributed by atoms with van der Waals surface area (Å²) in [5.41, 5.74) is 3.64. The molecule has 2 amide bonds. The lowest BCUT2D eigenvalue weighted by Gasteiger charge is -2.32. The monoisotopic (exact) mass is 510 g/mol. The number of anilines is 1. The summed E-state index contributed by atoms with van der Waals surface area (Å²) in [4.78, 5) is 26.7. The van der Waals surface area contributed by atoms with Crippen LogP contribution in [0.5, 0.6) is 0 Å². The molecule has 0 radical (unpaired) electrons. The van der Waals surface area contributed by atoms with Crippen molar-refractivity contribution in [3.05, 3.63) is 64.7 Å². The number of ether oxygens (including phenoxy) is 2. The first-order valence-electron chi connectivity index (χ1n) is 13.5. The Balaban J connectivity index is 1.52. The molecule has 1 fully saturated rings. The van der Waals surface area contributed by atoms with Gasteiger partial charge in [-0.1, -0.05) is 49.7 Å². The molecule has 7 nitrogen and oxygen atoms in total. The van der Waals surface area contributed by atoms with Crippen LogP contribution in [0.25, 0.3) is 0 Å². The molecule has 0 spiro atoms. The molecule has 0 heterocycles. The van der Waals surface area contributed by atoms with Gasteiger partial charge in [-0.3, -0.25) is 0 Å². The van der Waals surface area contributed by atoms with Gasteiger partial charge in [-0.2, -0.15) is 0 Å². The van der Waals surface area contributed by atoms with Crippen molar-refractivity contribution >= 4 is 17.7 Å². The second kappa shape index (κ2) is 14.1. The number of hydrogen-bond acceptors (Lipinski definition) is 4. The van der Waals surface area contributed by atoms with Gasteiger partial charge in [-0.25, -0.2) is 9.59 Å². The zero-order valence-electron chi connectivity index (χ0n) is 22.7. The molecule has 0 bridgehead atoms. The van der Waals surface area contributed by atoms with Crippen LogP contribution in [0.4, 0.5) is 10.5 Å². The van der Waals surface area contributed by atoms with Crippen LogP contribution >= 0.6 is 0 Å². The van der Waals surface area contributed by atoms with Gasteiger partial charge in [0.1, 0.15) is 0 Å². The third-order valence-corrected chi connectivity index (χ3v) is 7.20. The van der Waals surface area contributed by atoms with Gasteiger partial charge in [0.2, 0.25) is 0 Å². The van der Waals surface area contributed by atoms with Crippen molar-refractivity contribution < 1.29 is 24.2 Å². The van der Waals surface area contributed by atoms with E-state index in [9.17, 15) is 14.7 Å². The van der Waals surface area contributed by atoms with Gasteiger partial charge >= 0.3 is 12.0 Å². The quantitative estimate of drug-likeness (QED) is 0.337. The van der Waals surface area contributed by atoms with E-state index < -0.39 is 5.97 Å². The Morgan fingerprint density at radius 1 is 1.05 bits per heavy atom. The lowest BCUT2D eigenvalue weighted by molar-refractivity contribution is -0.0531. The SMILES string of the molecule is CCCC(C)N(CCOC1CCCC(OCc2cccc(C)c2C(=O)O)C1)C(=O)Nc1ccccc1C. The number of urea groups is 1. The van der Waals surface area contributed by atoms with E-state index in [2.05, 4.69) is 19.2 Å². The fourth-order valence-corrected chi connectivity index (χ4v) is 5.08. The number of carboxylic acid groups (broad SMARTS) is 1. The summed E-state index contributed by atoms with van der Waals surface area (Å²) in [6, 6.07) is 13.3. The highest BCUT2D eigenvalue weighted by molar-refractivity contribution is 5.91. The summed E-state index contributed by atoms with van der Waals surface area (Å²) in [6.07, 6.45) is 5.70. The Kier molecular flexibility index (Phi) is 11.0. The molecule has 2 aromatic rings. The molecule has 1 saturated carbocycles. The number of carboxylic acids is 1. The van der Waals surface area contributed by atoms with E-state index in [1.54, 1.807) is 0 Å². The number of aromatic carboxylic acids is 1. The number of hydrogen-bond donors (Lipinski definition) is 2. The first kappa shape index (κ1) is 28.7. The molecule has 7 heteroatoms. The highest BCUT2D eigenvalue weighted by Crippen LogP contribution is 2.26. The molecular formula is C30H42N2O5. The van der Waals surface area contributed by atoms with Crippen LogP contribution < -0.4 is 5.32 Å². The van der Waals surface area contributed by atoms with E-state index >= 15 is 0 Å². The van der Waals surface area contributed by atoms with Gasteiger partial charge < -0.3 is 24.8 Å². The van der Waals surface area contributed by atoms with Gasteiger partial charge in [0.05, 0.1) is 31.0 Å². The Morgan fingerprint density at radius 3 is 2.46 bits per heavy atom. The number of amides is 2. The minimum atomic E-state index is -0.921. The van der Waals surface area contributed by atoms with Crippen LogP contribution in [-0.2, 0) is 16.1 Å². The van der Waals surface area contributed by atoms with E-state index in [0.717, 1.165) is 55.3 Å². The molecule has 2 N–H and O–H groups in total. The molecule has 37 heavy (non-hydrogen) atoms. The fourth-order valence-electron chi connectivity index (χ4n) is 5.08. The van der Waals surface area contributed by atoms with Gasteiger partial charge in [0.25, 0.3) is 0 Å². The standard InChI is InChI=1S/C30H42N2O5/c1-5-10-23(4)32(30(35)31-27-16-7-6-11-21(27)2)17-18-36-25-14-9-15-26(19-25)37-20-24-13-8-12-22(3)28(24)29(33)34/h6-8,11-13,16,23,25-26H,5,9-10,14-15,17-20H2,1-4H3,(H,31,35)(H,33,34). The average Bonchev–Trinajstić information content (AvgIpc) is 2.87. The van der Waals surface area contributed by atoms with Crippen molar-refractivity contribution in [2.75, 3.05) is 18.5 Å². The number of benzene rings is 2. The van der Waals surface area contributed by atoms with E-state index in [0.29, 0.717) is 24.3 Å². The predicted octanol–water partition coefficient (Wildman–Crippen LogP) is 6.57. The van der Waals surface area contributed by atoms with Crippen molar-refractivity contribution in [3.8, 4) is 0 Å². The molecular weight excluding hydrogens is 468 g/mol. The van der Waals surface area contributed by atoms with E-state index in [4.69, 9.17) is 9.47 Å². The smallest absolute Gasteiger partial charge is 0.336 e. The molecule has 3 atom stereocenters. The highest BCUT2D eigenvalue weighted by atomic mass is 16.5. The first-order valence-corrected chi connectivity index (χ1v) is 13.5. The summed E-state index contributed by atoms with van der Waals surface area (Å²) in [7, 11) is 0. The van der Waals surface area contributed by atoms with Crippen molar-refractivity contribution in [2.45, 2.75) is 91.1 Å². The minimum Gasteiger partial charge on any atom is -0.478 e. The summed E-state index contributed by atoms with van der Waals surface area (Å²) < 4.78 is 12.4. The Hall–Kier alpha value is -2.90. The van der Waals surface area contributed by atoms with Crippen LogP contribution in [-0.4, -0.2) is 53.4 Å². The molecule has 2 aromatic carbocycles. The van der Waals surface area contributed by atoms with Gasteiger partial charge in [0.15, 0.2) is 0 Å². The third-order valence-electron chi connectivity index (χ3n) is 7.20. The molecule has 1 aliphatic carbocycles. The van der Waals surface area contributed by atoms with Gasteiger partial charge in [-0.15, -0.1) is 0 Å². The molecule has 1 aliphatic rings. The highest BCUT2D eigenvalue weighted by Gasteiger charge is 2.25. The Morgan fingerprint density at radius 2 is 1.76 bits per heavy atom. The molecule has 3 unspecified atom stereocenters. The number of nitrogens with zero attached hydrogens (tertiary/aromatic N) is 1. The summed E-state index contributed by atoms with van der Waals surface area (Å²) in [5.74, 6) is -0.921. The summed E-state index contributed by atoms with van der Waals surface area (Å²) in [6.45, 7) is 9.28. The van der Waals surface area contributed by atoms with Gasteiger partial charge in [0, 0.05) is 18.3 Å². The maximum atomic E-state index is 13.1. The minimum absolute atomic E-state index is 0.0281. The zero-order valence-corrected chi connectivity index (χ0v) is 22.7. The lowest BCUT2D eigenvalue weighted by Crippen LogP contribution is -2.44. The zero-order chi connectivity index (χ0) is 26.8. The third kappa shape index (κ3) is 8.30. The number of rotatable bonds is 12. The van der Waals surface area contributed by atoms with E-state index in [1.807, 2.05) is 61.2 Å². The van der Waals surface area contributed by atoms with E-state index in [-0.39, 0.29) is 30.9 Å². The number of carbonyl (C=O) groups excluding carboxylic acids is 1. The van der Waals surface area contributed by atoms with Crippen LogP contribution in [0.2, 0.25) is 0 Å². The maximum Gasteiger partial charge on any atom is 0.336 e. The van der Waals surface area contributed by atoms with Gasteiger partial charge in [-0.05, 0) is 75.6 Å². The summed E-state index contributed by atoms with van der Waals surface area (Å²) in [5, 5.41) is 12.6. The first-order chi connectivity index (χ1) is 17.8. The van der Waals surface area contributed by atoms with Crippen molar-refractivity contribution in [1.82, 2.24) is 4.90 Å². The van der Waals surface area contributed by atoms with Crippen molar-refractivity contribution in [3.63, 3.8) is 0 Å². The van der Waals surface area contributed by atoms with Crippen LogP contribution in [0.3, 0.4) is 0 Å². The molecule has 3 rings (SSSR count). The van der Waals surface area contributed by atoms with Crippen molar-refractivity contribution in [1.29, 1.82) is 0 Å². The average molecular weight is 511 g/mol. The van der Waals surface area contributed by atoms with Crippen LogP contribution in [0, 0.1) is 13.8 Å². The molecule has 202 valence electrons. The number of carbonyl (C=O) groups is 2. The number of aryl methyl sites for hydroxylation is 2. The van der Waals surface area contributed by atoms with Crippen molar-refractivity contribution in [2.24, 2.45) is 0 Å². The predicted molar refractivity (Wildman–Crippen MR) is 146 cm³/mol. The van der Waals surface area contributed by atoms with Crippen LogP contribution in [0.1, 0.15) is 79.4 Å². The normalized spacial score (nSPS) is 18.3. The largest absolute Gasteiger partial charge is 0.478 e.